The van der Waals surface area contributed by atoms with E-state index in [2.05, 4.69) is 22.6 Å². The lowest BCUT2D eigenvalue weighted by Crippen LogP contribution is -2.00. The first kappa shape index (κ1) is 10.8. The molecule has 0 spiro atoms. The van der Waals surface area contributed by atoms with E-state index in [9.17, 15) is 4.79 Å². The van der Waals surface area contributed by atoms with Gasteiger partial charge in [-0.25, -0.2) is 0 Å². The Kier molecular flexibility index (Phi) is 3.55. The number of carbonyl (C=O) groups is 1. The smallest absolute Gasteiger partial charge is 0.164 e. The van der Waals surface area contributed by atoms with Gasteiger partial charge in [-0.2, -0.15) is 0 Å². The topological polar surface area (TPSA) is 26.3 Å². The molecule has 1 aromatic carbocycles. The van der Waals surface area contributed by atoms with E-state index in [4.69, 9.17) is 16.3 Å². The molecule has 1 rings (SSSR count). The molecule has 0 aliphatic carbocycles. The van der Waals surface area contributed by atoms with Crippen LogP contribution >= 0.6 is 34.2 Å². The molecule has 0 bridgehead atoms. The zero-order valence-corrected chi connectivity index (χ0v) is 10.1. The maximum Gasteiger partial charge on any atom is 0.164 e. The first-order valence-electron chi connectivity index (χ1n) is 3.60. The van der Waals surface area contributed by atoms with Crippen LogP contribution in [0.25, 0.3) is 0 Å². The molecular formula is C9H8ClIO2. The second kappa shape index (κ2) is 4.28. The van der Waals surface area contributed by atoms with Crippen molar-refractivity contribution in [2.45, 2.75) is 6.92 Å². The zero-order valence-electron chi connectivity index (χ0n) is 7.23. The quantitative estimate of drug-likeness (QED) is 0.619. The number of benzene rings is 1. The highest BCUT2D eigenvalue weighted by Gasteiger charge is 2.12. The lowest BCUT2D eigenvalue weighted by Gasteiger charge is -2.07. The number of ether oxygens (including phenoxy) is 1. The minimum atomic E-state index is -0.0158. The van der Waals surface area contributed by atoms with Crippen LogP contribution in [0.4, 0.5) is 0 Å². The summed E-state index contributed by atoms with van der Waals surface area (Å²) in [7, 11) is 1.52. The fourth-order valence-electron chi connectivity index (χ4n) is 1.05. The molecule has 0 heterocycles. The summed E-state index contributed by atoms with van der Waals surface area (Å²) < 4.78 is 5.87. The molecule has 0 aromatic heterocycles. The molecule has 1 aromatic rings. The van der Waals surface area contributed by atoms with Crippen molar-refractivity contribution < 1.29 is 9.53 Å². The standard InChI is InChI=1S/C9H8ClIO2/c1-5(12)9-7(11)3-6(10)4-8(9)13-2/h3-4H,1-2H3. The summed E-state index contributed by atoms with van der Waals surface area (Å²) in [6.45, 7) is 1.51. The van der Waals surface area contributed by atoms with E-state index in [0.29, 0.717) is 16.3 Å². The third-order valence-corrected chi connectivity index (χ3v) is 2.66. The van der Waals surface area contributed by atoms with Crippen molar-refractivity contribution in [3.63, 3.8) is 0 Å². The number of methoxy groups -OCH3 is 1. The van der Waals surface area contributed by atoms with E-state index in [1.165, 1.54) is 14.0 Å². The van der Waals surface area contributed by atoms with Gasteiger partial charge in [0.1, 0.15) is 5.75 Å². The van der Waals surface area contributed by atoms with E-state index < -0.39 is 0 Å². The number of Topliss-reactive ketones (excluding diaryl/α,β-unsaturated/α-hetero) is 1. The number of hydrogen-bond acceptors (Lipinski definition) is 2. The Morgan fingerprint density at radius 1 is 1.54 bits per heavy atom. The minimum absolute atomic E-state index is 0.0158. The molecule has 0 unspecified atom stereocenters. The molecule has 13 heavy (non-hydrogen) atoms. The van der Waals surface area contributed by atoms with Gasteiger partial charge in [0.25, 0.3) is 0 Å². The van der Waals surface area contributed by atoms with Gasteiger partial charge in [-0.05, 0) is 41.6 Å². The van der Waals surface area contributed by atoms with Crippen LogP contribution in [-0.4, -0.2) is 12.9 Å². The van der Waals surface area contributed by atoms with Gasteiger partial charge in [-0.3, -0.25) is 4.79 Å². The monoisotopic (exact) mass is 310 g/mol. The van der Waals surface area contributed by atoms with Crippen LogP contribution < -0.4 is 4.74 Å². The van der Waals surface area contributed by atoms with Gasteiger partial charge in [0.2, 0.25) is 0 Å². The van der Waals surface area contributed by atoms with E-state index in [0.717, 1.165) is 3.57 Å². The van der Waals surface area contributed by atoms with Gasteiger partial charge in [0, 0.05) is 8.59 Å². The van der Waals surface area contributed by atoms with E-state index >= 15 is 0 Å². The Hall–Kier alpha value is -0.290. The summed E-state index contributed by atoms with van der Waals surface area (Å²) >= 11 is 7.87. The van der Waals surface area contributed by atoms with Crippen LogP contribution in [0.1, 0.15) is 17.3 Å². The Morgan fingerprint density at radius 3 is 2.62 bits per heavy atom. The average molecular weight is 311 g/mol. The van der Waals surface area contributed by atoms with E-state index in [1.54, 1.807) is 12.1 Å². The molecular weight excluding hydrogens is 302 g/mol. The second-order valence-corrected chi connectivity index (χ2v) is 4.12. The molecule has 0 atom stereocenters. The van der Waals surface area contributed by atoms with Crippen LogP contribution in [0.5, 0.6) is 5.75 Å². The predicted octanol–water partition coefficient (Wildman–Crippen LogP) is 3.16. The number of rotatable bonds is 2. The van der Waals surface area contributed by atoms with Gasteiger partial charge in [-0.15, -0.1) is 0 Å². The van der Waals surface area contributed by atoms with Crippen LogP contribution in [0, 0.1) is 3.57 Å². The number of halogens is 2. The summed E-state index contributed by atoms with van der Waals surface area (Å²) in [5.74, 6) is 0.516. The molecule has 0 aliphatic heterocycles. The molecule has 0 N–H and O–H groups in total. The first-order valence-corrected chi connectivity index (χ1v) is 5.06. The fraction of sp³-hybridized carbons (Fsp3) is 0.222. The molecule has 70 valence electrons. The summed E-state index contributed by atoms with van der Waals surface area (Å²) in [6, 6.07) is 3.38. The maximum absolute atomic E-state index is 11.2. The van der Waals surface area contributed by atoms with Crippen LogP contribution in [-0.2, 0) is 0 Å². The summed E-state index contributed by atoms with van der Waals surface area (Å²) in [6.07, 6.45) is 0. The Bertz CT molecular complexity index is 350. The summed E-state index contributed by atoms with van der Waals surface area (Å²) in [4.78, 5) is 11.2. The van der Waals surface area contributed by atoms with Crippen molar-refractivity contribution >= 4 is 40.0 Å². The highest BCUT2D eigenvalue weighted by Crippen LogP contribution is 2.28. The molecule has 0 amide bonds. The van der Waals surface area contributed by atoms with Crippen molar-refractivity contribution in [2.75, 3.05) is 7.11 Å². The number of hydrogen-bond donors (Lipinski definition) is 0. The lowest BCUT2D eigenvalue weighted by molar-refractivity contribution is 0.101. The molecule has 0 saturated carbocycles. The Morgan fingerprint density at radius 2 is 2.15 bits per heavy atom. The van der Waals surface area contributed by atoms with Crippen molar-refractivity contribution in [1.29, 1.82) is 0 Å². The highest BCUT2D eigenvalue weighted by atomic mass is 127. The van der Waals surface area contributed by atoms with Gasteiger partial charge >= 0.3 is 0 Å². The molecule has 0 aliphatic rings. The van der Waals surface area contributed by atoms with Crippen LogP contribution in [0.3, 0.4) is 0 Å². The van der Waals surface area contributed by atoms with Gasteiger partial charge in [0.15, 0.2) is 5.78 Å². The van der Waals surface area contributed by atoms with Gasteiger partial charge in [0.05, 0.1) is 12.7 Å². The van der Waals surface area contributed by atoms with Crippen molar-refractivity contribution in [1.82, 2.24) is 0 Å². The predicted molar refractivity (Wildman–Crippen MR) is 60.7 cm³/mol. The second-order valence-electron chi connectivity index (χ2n) is 2.52. The molecule has 0 fully saturated rings. The number of ketones is 1. The van der Waals surface area contributed by atoms with Gasteiger partial charge < -0.3 is 4.74 Å². The minimum Gasteiger partial charge on any atom is -0.496 e. The van der Waals surface area contributed by atoms with Crippen LogP contribution in [0.2, 0.25) is 5.02 Å². The first-order chi connectivity index (χ1) is 6.06. The largest absolute Gasteiger partial charge is 0.496 e. The molecule has 0 saturated heterocycles. The normalized spacial score (nSPS) is 9.85. The Labute approximate surface area is 95.4 Å². The van der Waals surface area contributed by atoms with E-state index in [1.807, 2.05) is 0 Å². The van der Waals surface area contributed by atoms with E-state index in [-0.39, 0.29) is 5.78 Å². The van der Waals surface area contributed by atoms with Crippen molar-refractivity contribution in [3.8, 4) is 5.75 Å². The molecule has 0 radical (unpaired) electrons. The maximum atomic E-state index is 11.2. The third-order valence-electron chi connectivity index (χ3n) is 1.59. The zero-order chi connectivity index (χ0) is 10.0. The van der Waals surface area contributed by atoms with Crippen molar-refractivity contribution in [2.24, 2.45) is 0 Å². The lowest BCUT2D eigenvalue weighted by atomic mass is 10.1. The van der Waals surface area contributed by atoms with Crippen molar-refractivity contribution in [3.05, 3.63) is 26.3 Å². The molecule has 2 nitrogen and oxygen atoms in total. The van der Waals surface area contributed by atoms with Gasteiger partial charge in [-0.1, -0.05) is 11.6 Å². The highest BCUT2D eigenvalue weighted by molar-refractivity contribution is 14.1. The molecule has 4 heteroatoms. The van der Waals surface area contributed by atoms with Crippen LogP contribution in [0.15, 0.2) is 12.1 Å². The fourth-order valence-corrected chi connectivity index (χ4v) is 2.43. The average Bonchev–Trinajstić information content (AvgIpc) is 2.01. The summed E-state index contributed by atoms with van der Waals surface area (Å²) in [5.41, 5.74) is 0.590. The third kappa shape index (κ3) is 2.34. The summed E-state index contributed by atoms with van der Waals surface area (Å²) in [5, 5.41) is 0.575. The Balaban J connectivity index is 3.38. The SMILES string of the molecule is COc1cc(Cl)cc(I)c1C(C)=O. The number of carbonyl (C=O) groups excluding carboxylic acids is 1.